The third-order valence-electron chi connectivity index (χ3n) is 8.47. The molecule has 0 spiro atoms. The summed E-state index contributed by atoms with van der Waals surface area (Å²) in [6.45, 7) is 8.58. The van der Waals surface area contributed by atoms with Crippen LogP contribution in [0.2, 0.25) is 0 Å². The Morgan fingerprint density at radius 1 is 0.386 bits per heavy atom. The van der Waals surface area contributed by atoms with E-state index in [-0.39, 0.29) is 0 Å². The Balaban J connectivity index is 1.42. The normalized spacial score (nSPS) is 11.5. The number of hydrogen-bond donors (Lipinski definition) is 0. The van der Waals surface area contributed by atoms with Gasteiger partial charge in [-0.25, -0.2) is 0 Å². The molecule has 0 aliphatic carbocycles. The molecule has 0 N–H and O–H groups in total. The number of hydrogen-bond acceptors (Lipinski definition) is 3. The number of pyridine rings is 3. The minimum Gasteiger partial charge on any atom is -0.256 e. The standard InChI is InChI=1S/C41H39N3/c1-29-14-20-32(21-15-29)26-35-8-5-11-38(42-35)41(4,39-12-6-9-36(43-39)27-33-22-16-30(2)17-23-33)40-13-7-10-37(44-40)28-34-24-18-31(3)19-25-34/h5-25H,26-28H2,1-4H3. The van der Waals surface area contributed by atoms with E-state index in [1.165, 1.54) is 33.4 Å². The summed E-state index contributed by atoms with van der Waals surface area (Å²) in [6, 6.07) is 45.2. The molecule has 6 rings (SSSR count). The lowest BCUT2D eigenvalue weighted by Crippen LogP contribution is -2.30. The minimum atomic E-state index is -0.657. The van der Waals surface area contributed by atoms with Crippen LogP contribution >= 0.6 is 0 Å². The lowest BCUT2D eigenvalue weighted by molar-refractivity contribution is 0.610. The van der Waals surface area contributed by atoms with Gasteiger partial charge in [0.2, 0.25) is 0 Å². The molecule has 0 unspecified atom stereocenters. The van der Waals surface area contributed by atoms with Crippen molar-refractivity contribution in [3.05, 3.63) is 195 Å². The smallest absolute Gasteiger partial charge is 0.0939 e. The van der Waals surface area contributed by atoms with Crippen LogP contribution in [0.15, 0.2) is 127 Å². The van der Waals surface area contributed by atoms with Gasteiger partial charge in [0.1, 0.15) is 0 Å². The molecule has 0 atom stereocenters. The predicted molar refractivity (Wildman–Crippen MR) is 180 cm³/mol. The molecular formula is C41H39N3. The largest absolute Gasteiger partial charge is 0.256 e. The van der Waals surface area contributed by atoms with Crippen LogP contribution < -0.4 is 0 Å². The predicted octanol–water partition coefficient (Wildman–Crippen LogP) is 8.92. The number of aromatic nitrogens is 3. The molecule has 218 valence electrons. The van der Waals surface area contributed by atoms with Crippen molar-refractivity contribution in [2.75, 3.05) is 0 Å². The first-order chi connectivity index (χ1) is 21.3. The maximum Gasteiger partial charge on any atom is 0.0939 e. The number of rotatable bonds is 9. The molecule has 0 saturated heterocycles. The van der Waals surface area contributed by atoms with Crippen LogP contribution in [-0.4, -0.2) is 15.0 Å². The number of aryl methyl sites for hydroxylation is 3. The molecular weight excluding hydrogens is 534 g/mol. The van der Waals surface area contributed by atoms with Gasteiger partial charge in [-0.15, -0.1) is 0 Å². The molecule has 6 aromatic rings. The van der Waals surface area contributed by atoms with E-state index >= 15 is 0 Å². The van der Waals surface area contributed by atoms with Crippen molar-refractivity contribution in [2.24, 2.45) is 0 Å². The van der Waals surface area contributed by atoms with Crippen molar-refractivity contribution in [3.8, 4) is 0 Å². The maximum absolute atomic E-state index is 5.28. The third kappa shape index (κ3) is 6.68. The van der Waals surface area contributed by atoms with Crippen molar-refractivity contribution in [1.82, 2.24) is 15.0 Å². The Bertz CT molecular complexity index is 1630. The summed E-state index contributed by atoms with van der Waals surface area (Å²) in [5, 5.41) is 0. The van der Waals surface area contributed by atoms with Crippen LogP contribution in [0.25, 0.3) is 0 Å². The highest BCUT2D eigenvalue weighted by atomic mass is 14.8. The SMILES string of the molecule is Cc1ccc(Cc2cccc(C(C)(c3cccc(Cc4ccc(C)cc4)n3)c3cccc(Cc4ccc(C)cc4)n3)n2)cc1. The molecule has 3 nitrogen and oxygen atoms in total. The first-order valence-electron chi connectivity index (χ1n) is 15.4. The van der Waals surface area contributed by atoms with Crippen LogP contribution in [0.3, 0.4) is 0 Å². The average molecular weight is 574 g/mol. The van der Waals surface area contributed by atoms with Gasteiger partial charge in [0.15, 0.2) is 0 Å². The summed E-state index contributed by atoms with van der Waals surface area (Å²) in [5.74, 6) is 0. The topological polar surface area (TPSA) is 38.7 Å². The molecule has 0 aliphatic heterocycles. The lowest BCUT2D eigenvalue weighted by atomic mass is 9.78. The molecule has 0 saturated carbocycles. The zero-order chi connectivity index (χ0) is 30.5. The van der Waals surface area contributed by atoms with Crippen LogP contribution in [0.4, 0.5) is 0 Å². The van der Waals surface area contributed by atoms with Gasteiger partial charge in [0, 0.05) is 36.3 Å². The van der Waals surface area contributed by atoms with Gasteiger partial charge in [-0.2, -0.15) is 0 Å². The van der Waals surface area contributed by atoms with E-state index in [1.807, 2.05) is 0 Å². The molecule has 0 amide bonds. The molecule has 0 bridgehead atoms. The van der Waals surface area contributed by atoms with Gasteiger partial charge in [-0.1, -0.05) is 108 Å². The maximum atomic E-state index is 5.28. The highest BCUT2D eigenvalue weighted by molar-refractivity contribution is 5.44. The van der Waals surface area contributed by atoms with Gasteiger partial charge in [-0.05, 0) is 80.8 Å². The second-order valence-corrected chi connectivity index (χ2v) is 12.2. The van der Waals surface area contributed by atoms with Crippen LogP contribution in [0.5, 0.6) is 0 Å². The third-order valence-corrected chi connectivity index (χ3v) is 8.47. The van der Waals surface area contributed by atoms with Crippen LogP contribution in [0.1, 0.15) is 74.5 Å². The first kappa shape index (κ1) is 29.2. The monoisotopic (exact) mass is 573 g/mol. The summed E-state index contributed by atoms with van der Waals surface area (Å²) in [4.78, 5) is 15.8. The van der Waals surface area contributed by atoms with Crippen molar-refractivity contribution in [3.63, 3.8) is 0 Å². The van der Waals surface area contributed by atoms with Crippen molar-refractivity contribution in [1.29, 1.82) is 0 Å². The summed E-state index contributed by atoms with van der Waals surface area (Å²) in [7, 11) is 0. The van der Waals surface area contributed by atoms with Gasteiger partial charge >= 0.3 is 0 Å². The Morgan fingerprint density at radius 3 is 0.932 bits per heavy atom. The molecule has 0 radical (unpaired) electrons. The Hall–Kier alpha value is -4.89. The average Bonchev–Trinajstić information content (AvgIpc) is 3.04. The Labute approximate surface area is 261 Å². The van der Waals surface area contributed by atoms with E-state index in [9.17, 15) is 0 Å². The zero-order valence-electron chi connectivity index (χ0n) is 26.1. The highest BCUT2D eigenvalue weighted by Crippen LogP contribution is 2.36. The minimum absolute atomic E-state index is 0.657. The van der Waals surface area contributed by atoms with Gasteiger partial charge in [0.25, 0.3) is 0 Å². The molecule has 3 heteroatoms. The molecule has 44 heavy (non-hydrogen) atoms. The molecule has 0 aliphatic rings. The summed E-state index contributed by atoms with van der Waals surface area (Å²) in [5.41, 5.74) is 12.8. The van der Waals surface area contributed by atoms with E-state index in [2.05, 4.69) is 155 Å². The van der Waals surface area contributed by atoms with E-state index in [0.717, 1.165) is 53.4 Å². The van der Waals surface area contributed by atoms with Crippen LogP contribution in [0, 0.1) is 20.8 Å². The first-order valence-corrected chi connectivity index (χ1v) is 15.4. The van der Waals surface area contributed by atoms with E-state index in [4.69, 9.17) is 15.0 Å². The van der Waals surface area contributed by atoms with E-state index in [0.29, 0.717) is 0 Å². The summed E-state index contributed by atoms with van der Waals surface area (Å²) < 4.78 is 0. The molecule has 3 aromatic heterocycles. The fourth-order valence-electron chi connectivity index (χ4n) is 5.71. The van der Waals surface area contributed by atoms with Crippen LogP contribution in [-0.2, 0) is 24.7 Å². The van der Waals surface area contributed by atoms with Crippen molar-refractivity contribution < 1.29 is 0 Å². The lowest BCUT2D eigenvalue weighted by Gasteiger charge is -2.29. The zero-order valence-corrected chi connectivity index (χ0v) is 26.1. The number of benzene rings is 3. The van der Waals surface area contributed by atoms with Crippen molar-refractivity contribution >= 4 is 0 Å². The Morgan fingerprint density at radius 2 is 0.659 bits per heavy atom. The second-order valence-electron chi connectivity index (χ2n) is 12.2. The number of nitrogens with zero attached hydrogens (tertiary/aromatic N) is 3. The van der Waals surface area contributed by atoms with E-state index in [1.54, 1.807) is 0 Å². The molecule has 0 fully saturated rings. The molecule has 3 aromatic carbocycles. The fourth-order valence-corrected chi connectivity index (χ4v) is 5.71. The quantitative estimate of drug-likeness (QED) is 0.173. The van der Waals surface area contributed by atoms with Gasteiger partial charge < -0.3 is 0 Å². The highest BCUT2D eigenvalue weighted by Gasteiger charge is 2.36. The van der Waals surface area contributed by atoms with Gasteiger partial charge in [0.05, 0.1) is 22.5 Å². The van der Waals surface area contributed by atoms with E-state index < -0.39 is 5.41 Å². The molecule has 3 heterocycles. The summed E-state index contributed by atoms with van der Waals surface area (Å²) in [6.07, 6.45) is 2.31. The van der Waals surface area contributed by atoms with Crippen molar-refractivity contribution in [2.45, 2.75) is 52.4 Å². The van der Waals surface area contributed by atoms with Gasteiger partial charge in [-0.3, -0.25) is 15.0 Å². The second kappa shape index (κ2) is 12.8. The summed E-state index contributed by atoms with van der Waals surface area (Å²) >= 11 is 0. The Kier molecular flexibility index (Phi) is 8.47. The fraction of sp³-hybridized carbons (Fsp3) is 0.195.